The maximum Gasteiger partial charge on any atom is 0.337 e. The molecule has 0 spiro atoms. The van der Waals surface area contributed by atoms with E-state index < -0.39 is 5.97 Å². The van der Waals surface area contributed by atoms with Gasteiger partial charge in [-0.1, -0.05) is 25.4 Å². The lowest BCUT2D eigenvalue weighted by Crippen LogP contribution is -2.31. The molecule has 18 heavy (non-hydrogen) atoms. The standard InChI is InChI=1S/C13H17ClN2O2/c1-8(2)7-16(9-3-4-9)12-11(14)10(13(17)18)5-6-15-12/h5-6,8-9H,3-4,7H2,1-2H3,(H,17,18). The molecular weight excluding hydrogens is 252 g/mol. The van der Waals surface area contributed by atoms with Crippen LogP contribution in [0.5, 0.6) is 0 Å². The van der Waals surface area contributed by atoms with E-state index in [1.54, 1.807) is 0 Å². The zero-order valence-electron chi connectivity index (χ0n) is 10.6. The molecule has 0 radical (unpaired) electrons. The number of hydrogen-bond donors (Lipinski definition) is 1. The first-order valence-electron chi connectivity index (χ1n) is 6.15. The van der Waals surface area contributed by atoms with Crippen LogP contribution >= 0.6 is 11.6 Å². The van der Waals surface area contributed by atoms with Crippen molar-refractivity contribution in [2.45, 2.75) is 32.7 Å². The molecule has 4 nitrogen and oxygen atoms in total. The number of anilines is 1. The van der Waals surface area contributed by atoms with Crippen LogP contribution < -0.4 is 4.90 Å². The van der Waals surface area contributed by atoms with Crippen LogP contribution in [0.25, 0.3) is 0 Å². The van der Waals surface area contributed by atoms with Crippen LogP contribution in [0, 0.1) is 5.92 Å². The van der Waals surface area contributed by atoms with Crippen molar-refractivity contribution in [3.8, 4) is 0 Å². The van der Waals surface area contributed by atoms with Crippen LogP contribution in [-0.2, 0) is 0 Å². The summed E-state index contributed by atoms with van der Waals surface area (Å²) < 4.78 is 0. The van der Waals surface area contributed by atoms with Gasteiger partial charge in [0.05, 0.1) is 10.6 Å². The van der Waals surface area contributed by atoms with Crippen molar-refractivity contribution in [3.63, 3.8) is 0 Å². The number of halogens is 1. The molecule has 1 N–H and O–H groups in total. The Kier molecular flexibility index (Phi) is 3.76. The van der Waals surface area contributed by atoms with Crippen LogP contribution in [0.3, 0.4) is 0 Å². The molecule has 98 valence electrons. The van der Waals surface area contributed by atoms with E-state index in [9.17, 15) is 4.79 Å². The van der Waals surface area contributed by atoms with E-state index in [-0.39, 0.29) is 10.6 Å². The van der Waals surface area contributed by atoms with Crippen LogP contribution in [0.15, 0.2) is 12.3 Å². The minimum absolute atomic E-state index is 0.121. The quantitative estimate of drug-likeness (QED) is 0.892. The van der Waals surface area contributed by atoms with Gasteiger partial charge in [0.25, 0.3) is 0 Å². The molecule has 0 bridgehead atoms. The van der Waals surface area contributed by atoms with Gasteiger partial charge in [0.15, 0.2) is 0 Å². The zero-order valence-corrected chi connectivity index (χ0v) is 11.3. The van der Waals surface area contributed by atoms with Crippen molar-refractivity contribution < 1.29 is 9.90 Å². The fraction of sp³-hybridized carbons (Fsp3) is 0.538. The third-order valence-corrected chi connectivity index (χ3v) is 3.30. The molecule has 0 atom stereocenters. The molecule has 0 amide bonds. The second-order valence-corrected chi connectivity index (χ2v) is 5.46. The van der Waals surface area contributed by atoms with Gasteiger partial charge in [-0.25, -0.2) is 9.78 Å². The number of aromatic nitrogens is 1. The summed E-state index contributed by atoms with van der Waals surface area (Å²) in [5.41, 5.74) is 0.121. The summed E-state index contributed by atoms with van der Waals surface area (Å²) >= 11 is 6.17. The van der Waals surface area contributed by atoms with E-state index in [1.807, 2.05) is 0 Å². The number of pyridine rings is 1. The Morgan fingerprint density at radius 3 is 2.78 bits per heavy atom. The fourth-order valence-corrected chi connectivity index (χ4v) is 2.29. The Morgan fingerprint density at radius 1 is 1.61 bits per heavy atom. The van der Waals surface area contributed by atoms with Gasteiger partial charge in [0.2, 0.25) is 0 Å². The van der Waals surface area contributed by atoms with E-state index in [0.29, 0.717) is 17.8 Å². The van der Waals surface area contributed by atoms with E-state index in [1.165, 1.54) is 12.3 Å². The average Bonchev–Trinajstić information content (AvgIpc) is 3.09. The fourth-order valence-electron chi connectivity index (χ4n) is 1.99. The Balaban J connectivity index is 2.35. The normalized spacial score (nSPS) is 14.9. The molecule has 1 aliphatic rings. The van der Waals surface area contributed by atoms with Crippen molar-refractivity contribution in [2.24, 2.45) is 5.92 Å². The van der Waals surface area contributed by atoms with Gasteiger partial charge in [0, 0.05) is 18.8 Å². The number of carbonyl (C=O) groups is 1. The van der Waals surface area contributed by atoms with Crippen LogP contribution in [-0.4, -0.2) is 28.6 Å². The van der Waals surface area contributed by atoms with Gasteiger partial charge in [0.1, 0.15) is 5.82 Å². The number of aromatic carboxylic acids is 1. The highest BCUT2D eigenvalue weighted by Crippen LogP contribution is 2.36. The highest BCUT2D eigenvalue weighted by atomic mass is 35.5. The van der Waals surface area contributed by atoms with Gasteiger partial charge >= 0.3 is 5.97 Å². The molecule has 1 heterocycles. The van der Waals surface area contributed by atoms with Gasteiger partial charge in [-0.15, -0.1) is 0 Å². The molecule has 5 heteroatoms. The Bertz CT molecular complexity index is 458. The summed E-state index contributed by atoms with van der Waals surface area (Å²) in [5.74, 6) is 0.0775. The lowest BCUT2D eigenvalue weighted by Gasteiger charge is -2.26. The SMILES string of the molecule is CC(C)CN(c1nccc(C(=O)O)c1Cl)C1CC1. The van der Waals surface area contributed by atoms with Crippen LogP contribution in [0.1, 0.15) is 37.0 Å². The second-order valence-electron chi connectivity index (χ2n) is 5.08. The summed E-state index contributed by atoms with van der Waals surface area (Å²) in [7, 11) is 0. The topological polar surface area (TPSA) is 53.4 Å². The van der Waals surface area contributed by atoms with E-state index in [2.05, 4.69) is 23.7 Å². The van der Waals surface area contributed by atoms with Crippen molar-refractivity contribution in [1.29, 1.82) is 0 Å². The first-order chi connectivity index (χ1) is 8.50. The Hall–Kier alpha value is -1.29. The molecular formula is C13H17ClN2O2. The summed E-state index contributed by atoms with van der Waals surface area (Å²) in [6, 6.07) is 1.90. The minimum Gasteiger partial charge on any atom is -0.478 e. The van der Waals surface area contributed by atoms with Crippen LogP contribution in [0.2, 0.25) is 5.02 Å². The van der Waals surface area contributed by atoms with Gasteiger partial charge in [-0.05, 0) is 24.8 Å². The second kappa shape index (κ2) is 5.14. The molecule has 1 saturated carbocycles. The number of hydrogen-bond acceptors (Lipinski definition) is 3. The monoisotopic (exact) mass is 268 g/mol. The van der Waals surface area contributed by atoms with E-state index >= 15 is 0 Å². The minimum atomic E-state index is -1.01. The summed E-state index contributed by atoms with van der Waals surface area (Å²) in [4.78, 5) is 17.5. The molecule has 1 fully saturated rings. The van der Waals surface area contributed by atoms with Gasteiger partial charge in [-0.2, -0.15) is 0 Å². The van der Waals surface area contributed by atoms with Crippen molar-refractivity contribution in [2.75, 3.05) is 11.4 Å². The van der Waals surface area contributed by atoms with E-state index in [4.69, 9.17) is 16.7 Å². The number of rotatable bonds is 5. The molecule has 2 rings (SSSR count). The first-order valence-corrected chi connectivity index (χ1v) is 6.53. The van der Waals surface area contributed by atoms with E-state index in [0.717, 1.165) is 19.4 Å². The Labute approximate surface area is 112 Å². The maximum absolute atomic E-state index is 11.1. The lowest BCUT2D eigenvalue weighted by molar-refractivity contribution is 0.0697. The van der Waals surface area contributed by atoms with Gasteiger partial charge in [-0.3, -0.25) is 0 Å². The molecule has 0 aromatic carbocycles. The molecule has 1 aromatic heterocycles. The predicted molar refractivity (Wildman–Crippen MR) is 71.4 cm³/mol. The number of nitrogens with zero attached hydrogens (tertiary/aromatic N) is 2. The molecule has 0 unspecified atom stereocenters. The summed E-state index contributed by atoms with van der Waals surface area (Å²) in [6.07, 6.45) is 3.77. The van der Waals surface area contributed by atoms with Gasteiger partial charge < -0.3 is 10.0 Å². The summed E-state index contributed by atoms with van der Waals surface area (Å²) in [6.45, 7) is 5.11. The van der Waals surface area contributed by atoms with Crippen molar-refractivity contribution in [1.82, 2.24) is 4.98 Å². The zero-order chi connectivity index (χ0) is 13.3. The predicted octanol–water partition coefficient (Wildman–Crippen LogP) is 3.06. The largest absolute Gasteiger partial charge is 0.478 e. The third-order valence-electron chi connectivity index (χ3n) is 2.92. The summed E-state index contributed by atoms with van der Waals surface area (Å²) in [5, 5.41) is 9.32. The highest BCUT2D eigenvalue weighted by Gasteiger charge is 2.32. The highest BCUT2D eigenvalue weighted by molar-refractivity contribution is 6.35. The first kappa shape index (κ1) is 13.1. The smallest absolute Gasteiger partial charge is 0.337 e. The lowest BCUT2D eigenvalue weighted by atomic mass is 10.2. The maximum atomic E-state index is 11.1. The molecule has 0 saturated heterocycles. The number of carboxylic acids is 1. The molecule has 1 aliphatic carbocycles. The van der Waals surface area contributed by atoms with Crippen molar-refractivity contribution >= 4 is 23.4 Å². The number of carboxylic acid groups (broad SMARTS) is 1. The van der Waals surface area contributed by atoms with Crippen molar-refractivity contribution in [3.05, 3.63) is 22.8 Å². The Morgan fingerprint density at radius 2 is 2.28 bits per heavy atom. The molecule has 0 aliphatic heterocycles. The molecule has 1 aromatic rings. The average molecular weight is 269 g/mol. The van der Waals surface area contributed by atoms with Crippen LogP contribution in [0.4, 0.5) is 5.82 Å². The third kappa shape index (κ3) is 2.75.